The topological polar surface area (TPSA) is 69.7 Å². The lowest BCUT2D eigenvalue weighted by molar-refractivity contribution is -0.137. The Balaban J connectivity index is 1.32. The molecule has 3 aliphatic heterocycles. The molecule has 0 bridgehead atoms. The summed E-state index contributed by atoms with van der Waals surface area (Å²) in [6.45, 7) is 0. The lowest BCUT2D eigenvalue weighted by atomic mass is 9.84. The molecule has 0 radical (unpaired) electrons. The summed E-state index contributed by atoms with van der Waals surface area (Å²) in [6, 6.07) is 22.9. The van der Waals surface area contributed by atoms with Crippen LogP contribution in [0.1, 0.15) is 22.7 Å². The van der Waals surface area contributed by atoms with Crippen molar-refractivity contribution in [1.29, 1.82) is 0 Å². The second-order valence-electron chi connectivity index (χ2n) is 10.4. The minimum absolute atomic E-state index is 0.0473. The summed E-state index contributed by atoms with van der Waals surface area (Å²) in [5, 5.41) is 4.17. The van der Waals surface area contributed by atoms with Crippen LogP contribution in [0.4, 0.5) is 24.5 Å². The van der Waals surface area contributed by atoms with Gasteiger partial charge in [-0.15, -0.1) is 0 Å². The summed E-state index contributed by atoms with van der Waals surface area (Å²) in [5.41, 5.74) is 1.17. The number of imide groups is 1. The molecule has 3 heterocycles. The largest absolute Gasteiger partial charge is 0.416 e. The van der Waals surface area contributed by atoms with Crippen molar-refractivity contribution < 1.29 is 27.6 Å². The zero-order valence-corrected chi connectivity index (χ0v) is 21.4. The van der Waals surface area contributed by atoms with Gasteiger partial charge < -0.3 is 10.2 Å². The molecular formula is C32H22F3N3O3. The summed E-state index contributed by atoms with van der Waals surface area (Å²) in [7, 11) is 0. The Hall–Kier alpha value is -4.92. The Morgan fingerprint density at radius 1 is 0.805 bits per heavy atom. The van der Waals surface area contributed by atoms with E-state index in [0.29, 0.717) is 5.69 Å². The van der Waals surface area contributed by atoms with Gasteiger partial charge >= 0.3 is 6.18 Å². The number of amides is 3. The van der Waals surface area contributed by atoms with E-state index in [1.165, 1.54) is 17.0 Å². The highest BCUT2D eigenvalue weighted by atomic mass is 19.4. The van der Waals surface area contributed by atoms with Crippen LogP contribution in [0.2, 0.25) is 0 Å². The molecule has 3 aliphatic rings. The Morgan fingerprint density at radius 3 is 2.34 bits per heavy atom. The third kappa shape index (κ3) is 3.83. The molecule has 4 aromatic rings. The van der Waals surface area contributed by atoms with Gasteiger partial charge in [-0.25, -0.2) is 4.90 Å². The average Bonchev–Trinajstić information content (AvgIpc) is 3.44. The lowest BCUT2D eigenvalue weighted by Gasteiger charge is -2.35. The van der Waals surface area contributed by atoms with Crippen molar-refractivity contribution in [3.05, 3.63) is 114 Å². The number of fused-ring (bicyclic) bond motifs is 6. The summed E-state index contributed by atoms with van der Waals surface area (Å²) in [5.74, 6) is -3.50. The van der Waals surface area contributed by atoms with Crippen LogP contribution in [0.3, 0.4) is 0 Å². The lowest BCUT2D eigenvalue weighted by Crippen LogP contribution is -2.46. The normalized spacial score (nSPS) is 23.0. The number of hydrogen-bond acceptors (Lipinski definition) is 4. The van der Waals surface area contributed by atoms with E-state index in [2.05, 4.69) is 5.32 Å². The fraction of sp³-hybridized carbons (Fsp3) is 0.156. The average molecular weight is 554 g/mol. The minimum atomic E-state index is -4.59. The molecule has 1 unspecified atom stereocenters. The third-order valence-corrected chi connectivity index (χ3v) is 8.20. The molecule has 204 valence electrons. The molecule has 9 heteroatoms. The number of anilines is 2. The van der Waals surface area contributed by atoms with Crippen molar-refractivity contribution in [2.45, 2.75) is 18.3 Å². The van der Waals surface area contributed by atoms with E-state index >= 15 is 0 Å². The molecule has 4 atom stereocenters. The van der Waals surface area contributed by atoms with Crippen LogP contribution in [0.25, 0.3) is 16.8 Å². The monoisotopic (exact) mass is 553 g/mol. The number of benzene rings is 4. The van der Waals surface area contributed by atoms with E-state index in [-0.39, 0.29) is 5.69 Å². The molecule has 4 aromatic carbocycles. The zero-order chi connectivity index (χ0) is 28.5. The first-order valence-corrected chi connectivity index (χ1v) is 13.1. The van der Waals surface area contributed by atoms with Gasteiger partial charge in [0.25, 0.3) is 0 Å². The van der Waals surface area contributed by atoms with Crippen LogP contribution in [-0.4, -0.2) is 28.7 Å². The number of alkyl halides is 3. The number of carbonyl (C=O) groups is 3. The van der Waals surface area contributed by atoms with Gasteiger partial charge in [-0.1, -0.05) is 66.7 Å². The van der Waals surface area contributed by atoms with Crippen LogP contribution in [0.5, 0.6) is 0 Å². The molecule has 41 heavy (non-hydrogen) atoms. The molecule has 1 N–H and O–H groups in total. The van der Waals surface area contributed by atoms with Gasteiger partial charge in [-0.2, -0.15) is 13.2 Å². The maximum Gasteiger partial charge on any atom is 0.416 e. The van der Waals surface area contributed by atoms with E-state index in [1.54, 1.807) is 23.2 Å². The number of rotatable bonds is 3. The molecule has 2 saturated heterocycles. The SMILES string of the molecule is O=C(Nc1cccc(C(F)(F)F)c1)[C@@H]1[C@@H]2C(=O)N(c3cccc4ccccc34)C(=O)[C@@H]2C2c3ccccc3C=CN21. The highest BCUT2D eigenvalue weighted by Gasteiger charge is 2.64. The number of nitrogens with zero attached hydrogens (tertiary/aromatic N) is 2. The number of hydrogen-bond donors (Lipinski definition) is 1. The van der Waals surface area contributed by atoms with E-state index in [4.69, 9.17) is 0 Å². The first-order chi connectivity index (χ1) is 19.7. The van der Waals surface area contributed by atoms with E-state index in [9.17, 15) is 27.6 Å². The minimum Gasteiger partial charge on any atom is -0.357 e. The van der Waals surface area contributed by atoms with Gasteiger partial charge in [0.1, 0.15) is 6.04 Å². The van der Waals surface area contributed by atoms with Crippen LogP contribution in [-0.2, 0) is 20.6 Å². The Kier molecular flexibility index (Phi) is 5.54. The van der Waals surface area contributed by atoms with Gasteiger partial charge in [0.2, 0.25) is 17.7 Å². The predicted molar refractivity (Wildman–Crippen MR) is 147 cm³/mol. The van der Waals surface area contributed by atoms with E-state index < -0.39 is 53.4 Å². The van der Waals surface area contributed by atoms with Crippen LogP contribution in [0.15, 0.2) is 97.2 Å². The van der Waals surface area contributed by atoms with Gasteiger partial charge in [0.15, 0.2) is 0 Å². The highest BCUT2D eigenvalue weighted by Crippen LogP contribution is 2.53. The maximum atomic E-state index is 14.2. The fourth-order valence-electron chi connectivity index (χ4n) is 6.49. The molecule has 0 spiro atoms. The summed E-state index contributed by atoms with van der Waals surface area (Å²) >= 11 is 0. The molecular weight excluding hydrogens is 531 g/mol. The van der Waals surface area contributed by atoms with E-state index in [0.717, 1.165) is 34.0 Å². The van der Waals surface area contributed by atoms with Crippen molar-refractivity contribution in [3.63, 3.8) is 0 Å². The Bertz CT molecular complexity index is 1780. The second kappa shape index (κ2) is 9.05. The van der Waals surface area contributed by atoms with Crippen molar-refractivity contribution in [1.82, 2.24) is 4.90 Å². The second-order valence-corrected chi connectivity index (χ2v) is 10.4. The van der Waals surface area contributed by atoms with Crippen molar-refractivity contribution in [2.24, 2.45) is 11.8 Å². The highest BCUT2D eigenvalue weighted by molar-refractivity contribution is 6.26. The molecule has 2 fully saturated rings. The van der Waals surface area contributed by atoms with Gasteiger partial charge in [0.05, 0.1) is 29.1 Å². The number of halogens is 3. The van der Waals surface area contributed by atoms with Crippen molar-refractivity contribution >= 4 is 45.9 Å². The van der Waals surface area contributed by atoms with Gasteiger partial charge in [-0.05, 0) is 46.9 Å². The fourth-order valence-corrected chi connectivity index (χ4v) is 6.49. The third-order valence-electron chi connectivity index (χ3n) is 8.20. The van der Waals surface area contributed by atoms with Crippen LogP contribution < -0.4 is 10.2 Å². The van der Waals surface area contributed by atoms with Crippen molar-refractivity contribution in [3.8, 4) is 0 Å². The maximum absolute atomic E-state index is 14.2. The van der Waals surface area contributed by atoms with Gasteiger partial charge in [0, 0.05) is 17.3 Å². The molecule has 7 rings (SSSR count). The summed E-state index contributed by atoms with van der Waals surface area (Å²) in [6.07, 6.45) is -1.07. The Labute approximate surface area is 232 Å². The predicted octanol–water partition coefficient (Wildman–Crippen LogP) is 6.01. The first kappa shape index (κ1) is 25.1. The summed E-state index contributed by atoms with van der Waals surface area (Å²) < 4.78 is 40.0. The molecule has 3 amide bonds. The standard InChI is InChI=1S/C32H22F3N3O3/c33-32(34,35)20-10-6-11-21(17-20)36-29(39)28-26-25(27-23-13-4-2-8-19(23)15-16-37(27)28)30(40)38(31(26)41)24-14-5-9-18-7-1-3-12-22(18)24/h1-17,25-28H,(H,36,39)/t25-,26+,27?,28-/m0/s1. The van der Waals surface area contributed by atoms with Crippen LogP contribution >= 0.6 is 0 Å². The zero-order valence-electron chi connectivity index (χ0n) is 21.4. The molecule has 0 saturated carbocycles. The quantitative estimate of drug-likeness (QED) is 0.316. The molecule has 0 aromatic heterocycles. The van der Waals surface area contributed by atoms with Crippen molar-refractivity contribution in [2.75, 3.05) is 10.2 Å². The van der Waals surface area contributed by atoms with E-state index in [1.807, 2.05) is 60.7 Å². The smallest absolute Gasteiger partial charge is 0.357 e. The number of nitrogens with one attached hydrogen (secondary N) is 1. The summed E-state index contributed by atoms with van der Waals surface area (Å²) in [4.78, 5) is 45.1. The molecule has 0 aliphatic carbocycles. The first-order valence-electron chi connectivity index (χ1n) is 13.1. The van der Waals surface area contributed by atoms with Crippen LogP contribution in [0, 0.1) is 11.8 Å². The van der Waals surface area contributed by atoms with Gasteiger partial charge in [-0.3, -0.25) is 14.4 Å². The molecule has 6 nitrogen and oxygen atoms in total. The number of carbonyl (C=O) groups excluding carboxylic acids is 3. The Morgan fingerprint density at radius 2 is 1.51 bits per heavy atom.